The highest BCUT2D eigenvalue weighted by Gasteiger charge is 2.85. The molecule has 82 valence electrons. The number of fused-ring (bicyclic) bond motifs is 5. The maximum atomic E-state index is 6.11. The summed E-state index contributed by atoms with van der Waals surface area (Å²) in [4.78, 5) is 10.3. The molecule has 16 heavy (non-hydrogen) atoms. The smallest absolute Gasteiger partial charge is 0.134 e. The molecule has 5 rings (SSSR count). The maximum Gasteiger partial charge on any atom is 0.134 e. The van der Waals surface area contributed by atoms with Crippen molar-refractivity contribution in [3.05, 3.63) is 35.4 Å². The van der Waals surface area contributed by atoms with Gasteiger partial charge in [-0.15, -0.1) is 0 Å². The first-order valence-electron chi connectivity index (χ1n) is 5.91. The van der Waals surface area contributed by atoms with Crippen LogP contribution in [-0.2, 0) is 14.5 Å². The predicted molar refractivity (Wildman–Crippen MR) is 55.0 cm³/mol. The van der Waals surface area contributed by atoms with Crippen molar-refractivity contribution in [1.29, 1.82) is 0 Å². The van der Waals surface area contributed by atoms with Crippen LogP contribution in [0.5, 0.6) is 0 Å². The molecule has 0 spiro atoms. The highest BCUT2D eigenvalue weighted by molar-refractivity contribution is 5.54. The third kappa shape index (κ3) is 0.609. The summed E-state index contributed by atoms with van der Waals surface area (Å²) in [6, 6.07) is 8.74. The van der Waals surface area contributed by atoms with Crippen molar-refractivity contribution >= 4 is 0 Å². The van der Waals surface area contributed by atoms with E-state index >= 15 is 0 Å². The van der Waals surface area contributed by atoms with E-state index in [1.165, 1.54) is 17.5 Å². The van der Waals surface area contributed by atoms with Gasteiger partial charge in [-0.2, -0.15) is 0 Å². The van der Waals surface area contributed by atoms with E-state index in [0.717, 1.165) is 0 Å². The van der Waals surface area contributed by atoms with Crippen molar-refractivity contribution in [2.45, 2.75) is 29.5 Å². The summed E-state index contributed by atoms with van der Waals surface area (Å²) in [5.74, 6) is 1.05. The van der Waals surface area contributed by atoms with Crippen molar-refractivity contribution in [3.8, 4) is 0 Å². The fourth-order valence-electron chi connectivity index (χ4n) is 4.31. The Bertz CT molecular complexity index is 457. The average molecular weight is 216 g/mol. The second-order valence-corrected chi connectivity index (χ2v) is 5.38. The second kappa shape index (κ2) is 2.21. The van der Waals surface area contributed by atoms with Gasteiger partial charge in [-0.25, -0.2) is 9.78 Å². The molecule has 0 aromatic heterocycles. The van der Waals surface area contributed by atoms with E-state index in [2.05, 4.69) is 24.3 Å². The van der Waals surface area contributed by atoms with E-state index in [4.69, 9.17) is 14.5 Å². The third-order valence-corrected chi connectivity index (χ3v) is 5.01. The quantitative estimate of drug-likeness (QED) is 0.489. The summed E-state index contributed by atoms with van der Waals surface area (Å²) in [6.45, 7) is 1.20. The van der Waals surface area contributed by atoms with E-state index in [0.29, 0.717) is 25.0 Å². The number of hydrogen-bond donors (Lipinski definition) is 0. The minimum absolute atomic E-state index is 0.0513. The Balaban J connectivity index is 1.76. The van der Waals surface area contributed by atoms with Crippen LogP contribution < -0.4 is 0 Å². The molecule has 1 aromatic rings. The number of benzene rings is 1. The van der Waals surface area contributed by atoms with Crippen LogP contribution >= 0.6 is 0 Å². The second-order valence-electron chi connectivity index (χ2n) is 5.38. The fourth-order valence-corrected chi connectivity index (χ4v) is 4.31. The largest absolute Gasteiger partial charge is 0.356 e. The van der Waals surface area contributed by atoms with Crippen molar-refractivity contribution < 1.29 is 14.5 Å². The topological polar surface area (TPSA) is 31.0 Å². The van der Waals surface area contributed by atoms with E-state index in [1.54, 1.807) is 0 Å². The molecule has 4 unspecified atom stereocenters. The van der Waals surface area contributed by atoms with Crippen LogP contribution in [0.2, 0.25) is 0 Å². The highest BCUT2D eigenvalue weighted by Crippen LogP contribution is 2.76. The van der Waals surface area contributed by atoms with Crippen LogP contribution in [0.15, 0.2) is 24.3 Å². The van der Waals surface area contributed by atoms with Gasteiger partial charge in [0.2, 0.25) is 0 Å². The number of hydrogen-bond acceptors (Lipinski definition) is 3. The molecule has 4 atom stereocenters. The van der Waals surface area contributed by atoms with Crippen molar-refractivity contribution in [2.75, 3.05) is 13.2 Å². The Morgan fingerprint density at radius 2 is 1.50 bits per heavy atom. The molecule has 3 fully saturated rings. The van der Waals surface area contributed by atoms with Crippen LogP contribution in [0.4, 0.5) is 0 Å². The zero-order chi connectivity index (χ0) is 10.4. The van der Waals surface area contributed by atoms with E-state index in [-0.39, 0.29) is 11.2 Å². The lowest BCUT2D eigenvalue weighted by molar-refractivity contribution is -0.319. The van der Waals surface area contributed by atoms with Gasteiger partial charge < -0.3 is 4.74 Å². The molecular weight excluding hydrogens is 204 g/mol. The molecule has 0 radical (unpaired) electrons. The molecule has 2 bridgehead atoms. The molecule has 4 aliphatic rings. The van der Waals surface area contributed by atoms with Gasteiger partial charge >= 0.3 is 0 Å². The van der Waals surface area contributed by atoms with Crippen LogP contribution in [0.25, 0.3) is 0 Å². The van der Waals surface area contributed by atoms with Gasteiger partial charge in [0, 0.05) is 11.8 Å². The number of epoxide rings is 1. The zero-order valence-electron chi connectivity index (χ0n) is 8.81. The molecule has 2 aliphatic carbocycles. The first kappa shape index (κ1) is 8.23. The van der Waals surface area contributed by atoms with E-state index in [9.17, 15) is 0 Å². The van der Waals surface area contributed by atoms with Gasteiger partial charge in [0.15, 0.2) is 0 Å². The predicted octanol–water partition coefficient (Wildman–Crippen LogP) is 1.74. The lowest BCUT2D eigenvalue weighted by Gasteiger charge is -2.29. The van der Waals surface area contributed by atoms with Crippen molar-refractivity contribution in [1.82, 2.24) is 0 Å². The molecule has 2 aliphatic heterocycles. The van der Waals surface area contributed by atoms with Gasteiger partial charge in [0.25, 0.3) is 0 Å². The van der Waals surface area contributed by atoms with Gasteiger partial charge in [0.05, 0.1) is 0 Å². The summed E-state index contributed by atoms with van der Waals surface area (Å²) in [7, 11) is 0. The normalized spacial score (nSPS) is 50.8. The molecule has 3 nitrogen and oxygen atoms in total. The zero-order valence-corrected chi connectivity index (χ0v) is 8.81. The molecule has 2 saturated heterocycles. The minimum Gasteiger partial charge on any atom is -0.356 e. The van der Waals surface area contributed by atoms with Gasteiger partial charge in [-0.05, 0) is 17.5 Å². The Morgan fingerprint density at radius 1 is 0.938 bits per heavy atom. The van der Waals surface area contributed by atoms with Crippen LogP contribution in [0.1, 0.15) is 29.4 Å². The third-order valence-electron chi connectivity index (χ3n) is 5.01. The standard InChI is InChI=1S/C13H12O3/c1-2-4-9-8(3-1)10-5-11(9)13-7-15-14-6-12(10,13)16-13/h1-4,10-11H,5-7H2. The van der Waals surface area contributed by atoms with E-state index in [1.807, 2.05) is 0 Å². The first-order chi connectivity index (χ1) is 7.87. The van der Waals surface area contributed by atoms with Gasteiger partial charge in [0.1, 0.15) is 24.4 Å². The minimum atomic E-state index is -0.0513. The average Bonchev–Trinajstić information content (AvgIpc) is 2.78. The van der Waals surface area contributed by atoms with Crippen LogP contribution in [0.3, 0.4) is 0 Å². The molecule has 3 heteroatoms. The summed E-state index contributed by atoms with van der Waals surface area (Å²) in [5.41, 5.74) is 2.85. The first-order valence-corrected chi connectivity index (χ1v) is 5.91. The Labute approximate surface area is 93.2 Å². The van der Waals surface area contributed by atoms with Crippen molar-refractivity contribution in [3.63, 3.8) is 0 Å². The SMILES string of the molecule is c1ccc2c(c1)C1CC2C23COOCC12O3. The lowest BCUT2D eigenvalue weighted by atomic mass is 9.76. The number of ether oxygens (including phenoxy) is 1. The summed E-state index contributed by atoms with van der Waals surface area (Å²) in [6.07, 6.45) is 1.21. The van der Waals surface area contributed by atoms with Crippen molar-refractivity contribution in [2.24, 2.45) is 0 Å². The Morgan fingerprint density at radius 3 is 2.06 bits per heavy atom. The van der Waals surface area contributed by atoms with Gasteiger partial charge in [-0.3, -0.25) is 0 Å². The molecule has 0 N–H and O–H groups in total. The van der Waals surface area contributed by atoms with E-state index < -0.39 is 0 Å². The molecule has 0 amide bonds. The Kier molecular flexibility index (Phi) is 1.14. The van der Waals surface area contributed by atoms with Crippen LogP contribution in [0, 0.1) is 0 Å². The van der Waals surface area contributed by atoms with Gasteiger partial charge in [-0.1, -0.05) is 24.3 Å². The number of rotatable bonds is 0. The summed E-state index contributed by atoms with van der Waals surface area (Å²) in [5, 5.41) is 0. The molecule has 2 heterocycles. The molecular formula is C13H12O3. The summed E-state index contributed by atoms with van der Waals surface area (Å²) >= 11 is 0. The monoisotopic (exact) mass is 216 g/mol. The fraction of sp³-hybridized carbons (Fsp3) is 0.538. The molecule has 1 saturated carbocycles. The summed E-state index contributed by atoms with van der Waals surface area (Å²) < 4.78 is 6.11. The highest BCUT2D eigenvalue weighted by atomic mass is 17.2. The molecule has 1 aromatic carbocycles. The van der Waals surface area contributed by atoms with Crippen LogP contribution in [-0.4, -0.2) is 24.4 Å². The lowest BCUT2D eigenvalue weighted by Crippen LogP contribution is -2.42. The maximum absolute atomic E-state index is 6.11. The Hall–Kier alpha value is -0.900.